The fraction of sp³-hybridized carbons (Fsp3) is 0.333. The SMILES string of the molecule is COCC(C)Nc1ncnc(-c2ccc(OC(F)(F)F)cc2Cl)c1N. The number of alkyl halides is 3. The Morgan fingerprint density at radius 2 is 2.04 bits per heavy atom. The Labute approximate surface area is 147 Å². The van der Waals surface area contributed by atoms with Crippen molar-refractivity contribution in [3.05, 3.63) is 29.5 Å². The molecule has 1 heterocycles. The monoisotopic (exact) mass is 376 g/mol. The van der Waals surface area contributed by atoms with E-state index in [0.29, 0.717) is 23.7 Å². The summed E-state index contributed by atoms with van der Waals surface area (Å²) in [5.74, 6) is -0.0535. The molecule has 1 aromatic carbocycles. The van der Waals surface area contributed by atoms with Crippen LogP contribution in [0.2, 0.25) is 5.02 Å². The van der Waals surface area contributed by atoms with E-state index in [1.54, 1.807) is 7.11 Å². The Bertz CT molecular complexity index is 743. The van der Waals surface area contributed by atoms with Gasteiger partial charge in [0.2, 0.25) is 0 Å². The van der Waals surface area contributed by atoms with Gasteiger partial charge >= 0.3 is 6.36 Å². The molecule has 1 unspecified atom stereocenters. The molecular weight excluding hydrogens is 361 g/mol. The molecule has 0 amide bonds. The highest BCUT2D eigenvalue weighted by molar-refractivity contribution is 6.33. The summed E-state index contributed by atoms with van der Waals surface area (Å²) in [6, 6.07) is 3.47. The van der Waals surface area contributed by atoms with Crippen molar-refractivity contribution in [2.75, 3.05) is 24.8 Å². The Balaban J connectivity index is 2.32. The lowest BCUT2D eigenvalue weighted by molar-refractivity contribution is -0.274. The van der Waals surface area contributed by atoms with Crippen molar-refractivity contribution in [1.82, 2.24) is 9.97 Å². The van der Waals surface area contributed by atoms with Gasteiger partial charge in [0.15, 0.2) is 5.82 Å². The third-order valence-corrected chi connectivity index (χ3v) is 3.43. The highest BCUT2D eigenvalue weighted by atomic mass is 35.5. The van der Waals surface area contributed by atoms with E-state index >= 15 is 0 Å². The molecule has 0 aliphatic carbocycles. The van der Waals surface area contributed by atoms with Crippen LogP contribution in [0, 0.1) is 0 Å². The number of hydrogen-bond acceptors (Lipinski definition) is 6. The second-order valence-electron chi connectivity index (χ2n) is 5.17. The van der Waals surface area contributed by atoms with Crippen molar-refractivity contribution in [2.24, 2.45) is 0 Å². The van der Waals surface area contributed by atoms with Crippen molar-refractivity contribution in [3.8, 4) is 17.0 Å². The molecule has 0 saturated carbocycles. The molecule has 136 valence electrons. The molecule has 2 rings (SSSR count). The zero-order valence-corrected chi connectivity index (χ0v) is 14.1. The first kappa shape index (κ1) is 19.1. The van der Waals surface area contributed by atoms with Crippen molar-refractivity contribution in [2.45, 2.75) is 19.3 Å². The van der Waals surface area contributed by atoms with Gasteiger partial charge < -0.3 is 20.5 Å². The largest absolute Gasteiger partial charge is 0.573 e. The first-order valence-corrected chi connectivity index (χ1v) is 7.50. The summed E-state index contributed by atoms with van der Waals surface area (Å²) < 4.78 is 45.7. The molecule has 3 N–H and O–H groups in total. The van der Waals surface area contributed by atoms with Crippen LogP contribution in [-0.4, -0.2) is 36.1 Å². The topological polar surface area (TPSA) is 82.3 Å². The third-order valence-electron chi connectivity index (χ3n) is 3.11. The lowest BCUT2D eigenvalue weighted by atomic mass is 10.1. The molecular formula is C15H16ClF3N4O2. The predicted molar refractivity (Wildman–Crippen MR) is 88.5 cm³/mol. The molecule has 0 saturated heterocycles. The van der Waals surface area contributed by atoms with Gasteiger partial charge in [-0.25, -0.2) is 9.97 Å². The van der Waals surface area contributed by atoms with Crippen LogP contribution in [0.25, 0.3) is 11.3 Å². The van der Waals surface area contributed by atoms with E-state index < -0.39 is 12.1 Å². The lowest BCUT2D eigenvalue weighted by Gasteiger charge is -2.17. The molecule has 1 atom stereocenters. The number of nitrogens with two attached hydrogens (primary N) is 1. The molecule has 0 aliphatic heterocycles. The standard InChI is InChI=1S/C15H16ClF3N4O2/c1-8(6-24-2)23-14-12(20)13(21-7-22-14)10-4-3-9(5-11(10)16)25-15(17,18)19/h3-5,7-8H,6,20H2,1-2H3,(H,21,22,23). The minimum absolute atomic E-state index is 0.0167. The van der Waals surface area contributed by atoms with E-state index in [2.05, 4.69) is 20.0 Å². The number of nitrogens with one attached hydrogen (secondary N) is 1. The van der Waals surface area contributed by atoms with E-state index in [9.17, 15) is 13.2 Å². The molecule has 0 spiro atoms. The van der Waals surface area contributed by atoms with E-state index in [1.165, 1.54) is 12.4 Å². The molecule has 25 heavy (non-hydrogen) atoms. The highest BCUT2D eigenvalue weighted by Crippen LogP contribution is 2.36. The summed E-state index contributed by atoms with van der Waals surface area (Å²) in [4.78, 5) is 8.14. The maximum Gasteiger partial charge on any atom is 0.573 e. The first-order valence-electron chi connectivity index (χ1n) is 7.13. The van der Waals surface area contributed by atoms with Gasteiger partial charge in [-0.2, -0.15) is 0 Å². The molecule has 2 aromatic rings. The van der Waals surface area contributed by atoms with Gasteiger partial charge in [-0.05, 0) is 25.1 Å². The van der Waals surface area contributed by atoms with E-state index in [1.807, 2.05) is 6.92 Å². The number of methoxy groups -OCH3 is 1. The van der Waals surface area contributed by atoms with Crippen LogP contribution in [-0.2, 0) is 4.74 Å². The Morgan fingerprint density at radius 3 is 2.64 bits per heavy atom. The van der Waals surface area contributed by atoms with Crippen LogP contribution in [0.4, 0.5) is 24.7 Å². The number of anilines is 2. The minimum Gasteiger partial charge on any atom is -0.406 e. The third kappa shape index (κ3) is 5.10. The zero-order valence-electron chi connectivity index (χ0n) is 13.4. The van der Waals surface area contributed by atoms with Crippen LogP contribution < -0.4 is 15.8 Å². The number of nitrogens with zero attached hydrogens (tertiary/aromatic N) is 2. The van der Waals surface area contributed by atoms with Gasteiger partial charge in [-0.1, -0.05) is 11.6 Å². The fourth-order valence-electron chi connectivity index (χ4n) is 2.14. The van der Waals surface area contributed by atoms with E-state index in [4.69, 9.17) is 22.1 Å². The van der Waals surface area contributed by atoms with Crippen LogP contribution >= 0.6 is 11.6 Å². The van der Waals surface area contributed by atoms with Gasteiger partial charge in [0.1, 0.15) is 23.5 Å². The van der Waals surface area contributed by atoms with Gasteiger partial charge in [0, 0.05) is 18.7 Å². The Kier molecular flexibility index (Phi) is 5.91. The van der Waals surface area contributed by atoms with Gasteiger partial charge in [-0.3, -0.25) is 0 Å². The molecule has 1 aromatic heterocycles. The maximum absolute atomic E-state index is 12.3. The summed E-state index contributed by atoms with van der Waals surface area (Å²) in [6.07, 6.45) is -3.52. The molecule has 0 aliphatic rings. The van der Waals surface area contributed by atoms with Crippen LogP contribution in [0.15, 0.2) is 24.5 Å². The van der Waals surface area contributed by atoms with Crippen LogP contribution in [0.5, 0.6) is 5.75 Å². The van der Waals surface area contributed by atoms with Crippen molar-refractivity contribution < 1.29 is 22.6 Å². The first-order chi connectivity index (χ1) is 11.7. The molecule has 0 fully saturated rings. The second kappa shape index (κ2) is 7.75. The number of hydrogen-bond donors (Lipinski definition) is 2. The second-order valence-corrected chi connectivity index (χ2v) is 5.58. The lowest BCUT2D eigenvalue weighted by Crippen LogP contribution is -2.22. The summed E-state index contributed by atoms with van der Waals surface area (Å²) in [7, 11) is 1.57. The Morgan fingerprint density at radius 1 is 1.32 bits per heavy atom. The van der Waals surface area contributed by atoms with Crippen molar-refractivity contribution in [1.29, 1.82) is 0 Å². The highest BCUT2D eigenvalue weighted by Gasteiger charge is 2.31. The molecule has 10 heteroatoms. The summed E-state index contributed by atoms with van der Waals surface area (Å²) >= 11 is 6.07. The van der Waals surface area contributed by atoms with E-state index in [-0.39, 0.29) is 16.8 Å². The van der Waals surface area contributed by atoms with Crippen molar-refractivity contribution in [3.63, 3.8) is 0 Å². The number of ether oxygens (including phenoxy) is 2. The number of aromatic nitrogens is 2. The maximum atomic E-state index is 12.3. The van der Waals surface area contributed by atoms with Crippen molar-refractivity contribution >= 4 is 23.1 Å². The summed E-state index contributed by atoms with van der Waals surface area (Å²) in [6.45, 7) is 2.31. The normalized spacial score (nSPS) is 12.7. The number of rotatable bonds is 6. The van der Waals surface area contributed by atoms with Gasteiger partial charge in [-0.15, -0.1) is 13.2 Å². The number of nitrogen functional groups attached to an aromatic ring is 1. The smallest absolute Gasteiger partial charge is 0.406 e. The summed E-state index contributed by atoms with van der Waals surface area (Å²) in [5.41, 5.74) is 6.95. The fourth-order valence-corrected chi connectivity index (χ4v) is 2.40. The van der Waals surface area contributed by atoms with Crippen LogP contribution in [0.1, 0.15) is 6.92 Å². The molecule has 0 radical (unpaired) electrons. The van der Waals surface area contributed by atoms with Crippen LogP contribution in [0.3, 0.4) is 0 Å². The predicted octanol–water partition coefficient (Wildman–Crippen LogP) is 3.72. The van der Waals surface area contributed by atoms with Gasteiger partial charge in [0.05, 0.1) is 11.6 Å². The average molecular weight is 377 g/mol. The molecule has 6 nitrogen and oxygen atoms in total. The zero-order chi connectivity index (χ0) is 18.6. The quantitative estimate of drug-likeness (QED) is 0.799. The Hall–Kier alpha value is -2.26. The number of halogens is 4. The average Bonchev–Trinajstić information content (AvgIpc) is 2.49. The van der Waals surface area contributed by atoms with E-state index in [0.717, 1.165) is 12.1 Å². The van der Waals surface area contributed by atoms with Gasteiger partial charge in [0.25, 0.3) is 0 Å². The minimum atomic E-state index is -4.80. The summed E-state index contributed by atoms with van der Waals surface area (Å²) in [5, 5.41) is 3.08. The molecule has 0 bridgehead atoms. The number of benzene rings is 1.